The molecule has 2 aliphatic heterocycles. The Hall–Kier alpha value is -1.34. The molecule has 0 aliphatic carbocycles. The number of nitrogens with two attached hydrogens (primary N) is 2. The molecular weight excluding hydrogens is 465 g/mol. The topological polar surface area (TPSA) is 105 Å². The van der Waals surface area contributed by atoms with Gasteiger partial charge in [0, 0.05) is 42.4 Å². The molecular formula is C16H20BrF3N4O3S. The van der Waals surface area contributed by atoms with Gasteiger partial charge in [-0.1, -0.05) is 0 Å². The number of fused-ring (bicyclic) bond motifs is 2. The highest BCUT2D eigenvalue weighted by Gasteiger charge is 2.53. The van der Waals surface area contributed by atoms with Gasteiger partial charge in [-0.25, -0.2) is 5.84 Å². The highest BCUT2D eigenvalue weighted by atomic mass is 79.9. The zero-order chi connectivity index (χ0) is 20.9. The number of hydrazine groups is 1. The van der Waals surface area contributed by atoms with E-state index in [0.29, 0.717) is 5.56 Å². The monoisotopic (exact) mass is 484 g/mol. The predicted molar refractivity (Wildman–Crippen MR) is 99.6 cm³/mol. The summed E-state index contributed by atoms with van der Waals surface area (Å²) in [4.78, 5) is 13.4. The van der Waals surface area contributed by atoms with Gasteiger partial charge in [0.1, 0.15) is 11.7 Å². The minimum atomic E-state index is -5.02. The number of aliphatic hydroxyl groups is 1. The van der Waals surface area contributed by atoms with Crippen molar-refractivity contribution in [2.75, 3.05) is 20.2 Å². The minimum Gasteiger partial charge on any atom is -0.399 e. The molecule has 2 aliphatic rings. The van der Waals surface area contributed by atoms with E-state index in [0.717, 1.165) is 18.6 Å². The summed E-state index contributed by atoms with van der Waals surface area (Å²) in [6, 6.07) is 0.724. The molecule has 1 amide bonds. The Morgan fingerprint density at radius 2 is 2.25 bits per heavy atom. The van der Waals surface area contributed by atoms with Crippen molar-refractivity contribution in [2.45, 2.75) is 36.8 Å². The summed E-state index contributed by atoms with van der Waals surface area (Å²) in [7, 11) is 1.48. The van der Waals surface area contributed by atoms with Crippen molar-refractivity contribution in [1.82, 2.24) is 9.91 Å². The Bertz CT molecular complexity index is 801. The summed E-state index contributed by atoms with van der Waals surface area (Å²) in [5.74, 6) is 3.61. The van der Waals surface area contributed by atoms with E-state index in [4.69, 9.17) is 16.3 Å². The van der Waals surface area contributed by atoms with Crippen LogP contribution < -0.4 is 11.6 Å². The normalized spacial score (nSPS) is 28.4. The third kappa shape index (κ3) is 3.88. The fourth-order valence-corrected chi connectivity index (χ4v) is 5.57. The van der Waals surface area contributed by atoms with Crippen molar-refractivity contribution in [3.8, 4) is 0 Å². The van der Waals surface area contributed by atoms with Gasteiger partial charge in [-0.05, 0) is 28.4 Å². The Balaban J connectivity index is 2.02. The molecule has 0 saturated carbocycles. The summed E-state index contributed by atoms with van der Waals surface area (Å²) in [6.07, 6.45) is -4.37. The van der Waals surface area contributed by atoms with Crippen molar-refractivity contribution in [3.05, 3.63) is 32.2 Å². The van der Waals surface area contributed by atoms with E-state index in [-0.39, 0.29) is 31.7 Å². The molecule has 1 aromatic heterocycles. The van der Waals surface area contributed by atoms with Crippen molar-refractivity contribution in [3.63, 3.8) is 0 Å². The second-order valence-electron chi connectivity index (χ2n) is 6.92. The standard InChI is InChI=1S/C16H20BrF3N4O3S/c1-23(22)6-9(21)10-5-15(2-3-24(10)14(26)16(18,19)20)13-8(4-12(17)28-13)11(25)7-27-15/h4,6,10-11,25H,2-3,5,7,21-22H2,1H3/b9-6-. The number of ether oxygens (including phenoxy) is 1. The van der Waals surface area contributed by atoms with Crippen molar-refractivity contribution in [2.24, 2.45) is 11.6 Å². The van der Waals surface area contributed by atoms with E-state index < -0.39 is 29.8 Å². The second-order valence-corrected chi connectivity index (χ2v) is 9.35. The van der Waals surface area contributed by atoms with Gasteiger partial charge in [0.25, 0.3) is 0 Å². The number of hydrogen-bond donors (Lipinski definition) is 3. The van der Waals surface area contributed by atoms with Gasteiger partial charge >= 0.3 is 12.1 Å². The number of piperidine rings is 1. The number of rotatable bonds is 2. The van der Waals surface area contributed by atoms with Crippen molar-refractivity contribution < 1.29 is 27.8 Å². The largest absolute Gasteiger partial charge is 0.471 e. The van der Waals surface area contributed by atoms with Crippen LogP contribution in [0.3, 0.4) is 0 Å². The molecule has 1 saturated heterocycles. The molecule has 0 aromatic carbocycles. The number of amides is 1. The molecule has 28 heavy (non-hydrogen) atoms. The molecule has 7 nitrogen and oxygen atoms in total. The van der Waals surface area contributed by atoms with Gasteiger partial charge < -0.3 is 25.5 Å². The molecule has 0 bridgehead atoms. The average Bonchev–Trinajstić information content (AvgIpc) is 3.00. The summed E-state index contributed by atoms with van der Waals surface area (Å²) >= 11 is 4.74. The molecule has 1 aromatic rings. The van der Waals surface area contributed by atoms with Crippen LogP contribution in [0.25, 0.3) is 0 Å². The summed E-state index contributed by atoms with van der Waals surface area (Å²) in [5.41, 5.74) is 5.79. The number of carbonyl (C=O) groups is 1. The molecule has 3 heterocycles. The van der Waals surface area contributed by atoms with E-state index in [1.165, 1.54) is 24.6 Å². The molecule has 3 atom stereocenters. The maximum absolute atomic E-state index is 13.1. The summed E-state index contributed by atoms with van der Waals surface area (Å²) < 4.78 is 46.0. The van der Waals surface area contributed by atoms with E-state index >= 15 is 0 Å². The van der Waals surface area contributed by atoms with Crippen LogP contribution in [0.2, 0.25) is 0 Å². The number of alkyl halides is 3. The van der Waals surface area contributed by atoms with E-state index in [2.05, 4.69) is 15.9 Å². The van der Waals surface area contributed by atoms with Gasteiger partial charge in [0.15, 0.2) is 0 Å². The first-order valence-electron chi connectivity index (χ1n) is 8.39. The van der Waals surface area contributed by atoms with Crippen LogP contribution in [-0.2, 0) is 15.1 Å². The first kappa shape index (κ1) is 21.4. The molecule has 0 radical (unpaired) electrons. The molecule has 156 valence electrons. The number of halogens is 4. The fourth-order valence-electron chi connectivity index (χ4n) is 3.71. The van der Waals surface area contributed by atoms with Crippen LogP contribution in [0.1, 0.15) is 29.4 Å². The lowest BCUT2D eigenvalue weighted by Crippen LogP contribution is -2.57. The number of thiophene rings is 1. The second kappa shape index (κ2) is 7.48. The lowest BCUT2D eigenvalue weighted by molar-refractivity contribution is -0.195. The number of hydrogen-bond acceptors (Lipinski definition) is 7. The lowest BCUT2D eigenvalue weighted by atomic mass is 9.80. The van der Waals surface area contributed by atoms with E-state index in [1.807, 2.05) is 0 Å². The van der Waals surface area contributed by atoms with E-state index in [1.54, 1.807) is 6.07 Å². The molecule has 1 spiro atoms. The summed E-state index contributed by atoms with van der Waals surface area (Å²) in [6.45, 7) is -0.187. The SMILES string of the molecule is CN(N)/C=C(\N)C1CC2(CCN1C(=O)C(F)(F)F)OCC(O)c1cc(Br)sc12. The highest BCUT2D eigenvalue weighted by Crippen LogP contribution is 2.51. The first-order valence-corrected chi connectivity index (χ1v) is 10.00. The van der Waals surface area contributed by atoms with Gasteiger partial charge in [0.05, 0.1) is 16.4 Å². The number of likely N-dealkylation sites (tertiary alicyclic amines) is 1. The molecule has 3 unspecified atom stereocenters. The molecule has 12 heteroatoms. The van der Waals surface area contributed by atoms with Crippen LogP contribution >= 0.6 is 27.3 Å². The zero-order valence-corrected chi connectivity index (χ0v) is 17.3. The molecule has 3 rings (SSSR count). The lowest BCUT2D eigenvalue weighted by Gasteiger charge is -2.48. The third-order valence-corrected chi connectivity index (χ3v) is 6.76. The highest BCUT2D eigenvalue weighted by molar-refractivity contribution is 9.11. The maximum Gasteiger partial charge on any atom is 0.471 e. The summed E-state index contributed by atoms with van der Waals surface area (Å²) in [5, 5.41) is 11.3. The van der Waals surface area contributed by atoms with Crippen LogP contribution in [0.15, 0.2) is 21.7 Å². The predicted octanol–water partition coefficient (Wildman–Crippen LogP) is 1.93. The Morgan fingerprint density at radius 3 is 2.86 bits per heavy atom. The Morgan fingerprint density at radius 1 is 1.57 bits per heavy atom. The Kier molecular flexibility index (Phi) is 5.71. The van der Waals surface area contributed by atoms with Gasteiger partial charge in [-0.3, -0.25) is 4.79 Å². The maximum atomic E-state index is 13.1. The van der Waals surface area contributed by atoms with Gasteiger partial charge in [-0.15, -0.1) is 11.3 Å². The van der Waals surface area contributed by atoms with Crippen molar-refractivity contribution >= 4 is 33.2 Å². The zero-order valence-electron chi connectivity index (χ0n) is 14.9. The quantitative estimate of drug-likeness (QED) is 0.437. The van der Waals surface area contributed by atoms with Crippen LogP contribution in [-0.4, -0.2) is 53.3 Å². The number of nitrogens with zero attached hydrogens (tertiary/aromatic N) is 2. The van der Waals surface area contributed by atoms with Crippen molar-refractivity contribution in [1.29, 1.82) is 0 Å². The van der Waals surface area contributed by atoms with E-state index in [9.17, 15) is 23.1 Å². The third-order valence-electron chi connectivity index (χ3n) is 4.92. The van der Waals surface area contributed by atoms with Gasteiger partial charge in [-0.2, -0.15) is 13.2 Å². The van der Waals surface area contributed by atoms with Crippen LogP contribution in [0.4, 0.5) is 13.2 Å². The Labute approximate surface area is 171 Å². The minimum absolute atomic E-state index is 0.0104. The fraction of sp³-hybridized carbons (Fsp3) is 0.562. The average molecular weight is 485 g/mol. The number of carbonyl (C=O) groups excluding carboxylic acids is 1. The van der Waals surface area contributed by atoms with Crippen LogP contribution in [0.5, 0.6) is 0 Å². The number of aliphatic hydroxyl groups excluding tert-OH is 1. The first-order chi connectivity index (χ1) is 12.9. The van der Waals surface area contributed by atoms with Gasteiger partial charge in [0.2, 0.25) is 0 Å². The smallest absolute Gasteiger partial charge is 0.399 e. The molecule has 5 N–H and O–H groups in total. The van der Waals surface area contributed by atoms with Crippen LogP contribution in [0, 0.1) is 0 Å². The molecule has 1 fully saturated rings.